The van der Waals surface area contributed by atoms with Gasteiger partial charge in [-0.15, -0.1) is 0 Å². The van der Waals surface area contributed by atoms with Crippen molar-refractivity contribution in [2.24, 2.45) is 0 Å². The number of hydrogen-bond donors (Lipinski definition) is 1. The number of rotatable bonds is 6. The van der Waals surface area contributed by atoms with Crippen LogP contribution in [0.25, 0.3) is 0 Å². The second-order valence-electron chi connectivity index (χ2n) is 6.42. The van der Waals surface area contributed by atoms with Crippen LogP contribution in [0, 0.1) is 0 Å². The molecule has 0 saturated carbocycles. The molecular formula is C22H23N3O2. The van der Waals surface area contributed by atoms with Gasteiger partial charge in [0.2, 0.25) is 0 Å². The predicted octanol–water partition coefficient (Wildman–Crippen LogP) is 4.89. The van der Waals surface area contributed by atoms with Crippen LogP contribution in [-0.2, 0) is 0 Å². The highest BCUT2D eigenvalue weighted by Gasteiger charge is 2.15. The highest BCUT2D eigenvalue weighted by molar-refractivity contribution is 6.04. The largest absolute Gasteiger partial charge is 0.489 e. The Morgan fingerprint density at radius 2 is 1.74 bits per heavy atom. The minimum absolute atomic E-state index is 0.0713. The summed E-state index contributed by atoms with van der Waals surface area (Å²) < 4.78 is 5.84. The van der Waals surface area contributed by atoms with Crippen LogP contribution in [0.4, 0.5) is 17.1 Å². The molecule has 0 aliphatic heterocycles. The van der Waals surface area contributed by atoms with Crippen molar-refractivity contribution in [2.75, 3.05) is 17.3 Å². The number of aromatic nitrogens is 1. The molecule has 5 heteroatoms. The first kappa shape index (κ1) is 18.5. The SMILES string of the molecule is CC(C)Oc1ccccc1Nc1ccnc(C(=O)N(C)c2ccccc2)c1. The second-order valence-corrected chi connectivity index (χ2v) is 6.42. The summed E-state index contributed by atoms with van der Waals surface area (Å²) in [7, 11) is 1.74. The van der Waals surface area contributed by atoms with Crippen LogP contribution in [0.2, 0.25) is 0 Å². The van der Waals surface area contributed by atoms with Crippen LogP contribution in [0.1, 0.15) is 24.3 Å². The average molecular weight is 361 g/mol. The number of pyridine rings is 1. The van der Waals surface area contributed by atoms with Gasteiger partial charge in [0, 0.05) is 24.6 Å². The molecule has 0 aliphatic carbocycles. The van der Waals surface area contributed by atoms with E-state index >= 15 is 0 Å². The number of anilines is 3. The third-order valence-electron chi connectivity index (χ3n) is 3.96. The lowest BCUT2D eigenvalue weighted by Gasteiger charge is -2.18. The number of benzene rings is 2. The standard InChI is InChI=1S/C22H23N3O2/c1-16(2)27-21-12-8-7-11-19(21)24-17-13-14-23-20(15-17)22(26)25(3)18-9-5-4-6-10-18/h4-16H,1-3H3,(H,23,24). The lowest BCUT2D eigenvalue weighted by atomic mass is 10.2. The van der Waals surface area contributed by atoms with Crippen LogP contribution in [-0.4, -0.2) is 24.0 Å². The number of nitrogens with one attached hydrogen (secondary N) is 1. The summed E-state index contributed by atoms with van der Waals surface area (Å²) in [6.45, 7) is 3.97. The first-order valence-electron chi connectivity index (χ1n) is 8.86. The van der Waals surface area contributed by atoms with Crippen molar-refractivity contribution in [2.45, 2.75) is 20.0 Å². The van der Waals surface area contributed by atoms with E-state index < -0.39 is 0 Å². The third kappa shape index (κ3) is 4.64. The molecule has 5 nitrogen and oxygen atoms in total. The van der Waals surface area contributed by atoms with Gasteiger partial charge in [-0.3, -0.25) is 9.78 Å². The van der Waals surface area contributed by atoms with Gasteiger partial charge in [0.15, 0.2) is 0 Å². The Hall–Kier alpha value is -3.34. The predicted molar refractivity (Wildman–Crippen MR) is 109 cm³/mol. The van der Waals surface area contributed by atoms with Crippen molar-refractivity contribution in [1.29, 1.82) is 0 Å². The lowest BCUT2D eigenvalue weighted by Crippen LogP contribution is -2.27. The fraction of sp³-hybridized carbons (Fsp3) is 0.182. The van der Waals surface area contributed by atoms with E-state index in [9.17, 15) is 4.79 Å². The molecule has 3 aromatic rings. The molecule has 27 heavy (non-hydrogen) atoms. The summed E-state index contributed by atoms with van der Waals surface area (Å²) in [5, 5.41) is 3.32. The normalized spacial score (nSPS) is 10.5. The zero-order chi connectivity index (χ0) is 19.2. The quantitative estimate of drug-likeness (QED) is 0.679. The summed E-state index contributed by atoms with van der Waals surface area (Å²) in [5.74, 6) is 0.593. The first-order chi connectivity index (χ1) is 13.0. The Bertz CT molecular complexity index is 910. The number of hydrogen-bond acceptors (Lipinski definition) is 4. The molecule has 0 unspecified atom stereocenters. The van der Waals surface area contributed by atoms with Gasteiger partial charge in [-0.05, 0) is 50.2 Å². The number of para-hydroxylation sites is 3. The smallest absolute Gasteiger partial charge is 0.276 e. The maximum absolute atomic E-state index is 12.8. The molecular weight excluding hydrogens is 338 g/mol. The Kier molecular flexibility index (Phi) is 5.71. The highest BCUT2D eigenvalue weighted by Crippen LogP contribution is 2.28. The molecule has 1 amide bonds. The highest BCUT2D eigenvalue weighted by atomic mass is 16.5. The molecule has 138 valence electrons. The number of carbonyl (C=O) groups excluding carboxylic acids is 1. The Morgan fingerprint density at radius 1 is 1.04 bits per heavy atom. The molecule has 1 aromatic heterocycles. The minimum Gasteiger partial charge on any atom is -0.489 e. The number of ether oxygens (including phenoxy) is 1. The van der Waals surface area contributed by atoms with Crippen LogP contribution < -0.4 is 15.0 Å². The molecule has 0 aliphatic rings. The number of carbonyl (C=O) groups is 1. The van der Waals surface area contributed by atoms with E-state index in [1.807, 2.05) is 74.5 Å². The number of amides is 1. The summed E-state index contributed by atoms with van der Waals surface area (Å²) in [4.78, 5) is 18.6. The van der Waals surface area contributed by atoms with Gasteiger partial charge in [-0.2, -0.15) is 0 Å². The average Bonchev–Trinajstić information content (AvgIpc) is 2.69. The summed E-state index contributed by atoms with van der Waals surface area (Å²) >= 11 is 0. The van der Waals surface area contributed by atoms with E-state index in [1.165, 1.54) is 0 Å². The van der Waals surface area contributed by atoms with Gasteiger partial charge in [0.05, 0.1) is 11.8 Å². The molecule has 3 rings (SSSR count). The molecule has 1 N–H and O–H groups in total. The fourth-order valence-electron chi connectivity index (χ4n) is 2.65. The van der Waals surface area contributed by atoms with E-state index in [2.05, 4.69) is 10.3 Å². The molecule has 2 aromatic carbocycles. The maximum atomic E-state index is 12.8. The summed E-state index contributed by atoms with van der Waals surface area (Å²) in [6, 6.07) is 20.8. The zero-order valence-electron chi connectivity index (χ0n) is 15.7. The Balaban J connectivity index is 1.81. The molecule has 0 spiro atoms. The third-order valence-corrected chi connectivity index (χ3v) is 3.96. The summed E-state index contributed by atoms with van der Waals surface area (Å²) in [5.41, 5.74) is 2.80. The maximum Gasteiger partial charge on any atom is 0.276 e. The minimum atomic E-state index is -0.170. The molecule has 0 saturated heterocycles. The van der Waals surface area contributed by atoms with E-state index in [0.717, 1.165) is 22.8 Å². The Morgan fingerprint density at radius 3 is 2.48 bits per heavy atom. The van der Waals surface area contributed by atoms with Crippen molar-refractivity contribution in [1.82, 2.24) is 4.98 Å². The van der Waals surface area contributed by atoms with Crippen LogP contribution in [0.3, 0.4) is 0 Å². The van der Waals surface area contributed by atoms with E-state index in [-0.39, 0.29) is 12.0 Å². The van der Waals surface area contributed by atoms with Crippen LogP contribution >= 0.6 is 0 Å². The molecule has 0 bridgehead atoms. The van der Waals surface area contributed by atoms with Crippen molar-refractivity contribution >= 4 is 23.0 Å². The van der Waals surface area contributed by atoms with Crippen molar-refractivity contribution in [3.05, 3.63) is 78.6 Å². The first-order valence-corrected chi connectivity index (χ1v) is 8.86. The lowest BCUT2D eigenvalue weighted by molar-refractivity contribution is 0.0988. The van der Waals surface area contributed by atoms with Gasteiger partial charge >= 0.3 is 0 Å². The summed E-state index contributed by atoms with van der Waals surface area (Å²) in [6.07, 6.45) is 1.70. The van der Waals surface area contributed by atoms with Crippen molar-refractivity contribution < 1.29 is 9.53 Å². The number of nitrogens with zero attached hydrogens (tertiary/aromatic N) is 2. The zero-order valence-corrected chi connectivity index (χ0v) is 15.7. The molecule has 0 atom stereocenters. The van der Waals surface area contributed by atoms with E-state index in [0.29, 0.717) is 5.69 Å². The van der Waals surface area contributed by atoms with Gasteiger partial charge in [0.1, 0.15) is 11.4 Å². The Labute approximate surface area is 159 Å². The van der Waals surface area contributed by atoms with E-state index in [1.54, 1.807) is 24.2 Å². The van der Waals surface area contributed by atoms with E-state index in [4.69, 9.17) is 4.74 Å². The van der Waals surface area contributed by atoms with Crippen LogP contribution in [0.15, 0.2) is 72.9 Å². The molecule has 1 heterocycles. The second kappa shape index (κ2) is 8.36. The fourth-order valence-corrected chi connectivity index (χ4v) is 2.65. The van der Waals surface area contributed by atoms with Gasteiger partial charge in [-0.1, -0.05) is 30.3 Å². The monoisotopic (exact) mass is 361 g/mol. The van der Waals surface area contributed by atoms with Gasteiger partial charge < -0.3 is 15.0 Å². The van der Waals surface area contributed by atoms with Crippen molar-refractivity contribution in [3.8, 4) is 5.75 Å². The van der Waals surface area contributed by atoms with Crippen molar-refractivity contribution in [3.63, 3.8) is 0 Å². The molecule has 0 radical (unpaired) electrons. The topological polar surface area (TPSA) is 54.5 Å². The van der Waals surface area contributed by atoms with Crippen LogP contribution in [0.5, 0.6) is 5.75 Å². The molecule has 0 fully saturated rings. The van der Waals surface area contributed by atoms with Gasteiger partial charge in [0.25, 0.3) is 5.91 Å². The van der Waals surface area contributed by atoms with Gasteiger partial charge in [-0.25, -0.2) is 0 Å².